The van der Waals surface area contributed by atoms with Crippen LogP contribution in [0.15, 0.2) is 50.6 Å². The number of nitrogens with zero attached hydrogens (tertiary/aromatic N) is 4. The molecular formula is C18H22N4O2S2. The Labute approximate surface area is 160 Å². The van der Waals surface area contributed by atoms with E-state index in [4.69, 9.17) is 4.42 Å². The zero-order valence-corrected chi connectivity index (χ0v) is 16.2. The number of hydrogen-bond acceptors (Lipinski definition) is 7. The Morgan fingerprint density at radius 3 is 2.88 bits per heavy atom. The molecule has 1 atom stereocenters. The van der Waals surface area contributed by atoms with Crippen molar-refractivity contribution in [3.8, 4) is 0 Å². The van der Waals surface area contributed by atoms with Crippen molar-refractivity contribution in [3.05, 3.63) is 46.6 Å². The molecule has 0 saturated carbocycles. The summed E-state index contributed by atoms with van der Waals surface area (Å²) in [6.07, 6.45) is 3.39. The third kappa shape index (κ3) is 4.03. The maximum Gasteiger partial charge on any atom is 0.198 e. The predicted octanol–water partition coefficient (Wildman–Crippen LogP) is 3.57. The van der Waals surface area contributed by atoms with Gasteiger partial charge in [-0.25, -0.2) is 0 Å². The first-order chi connectivity index (χ1) is 12.7. The van der Waals surface area contributed by atoms with Gasteiger partial charge >= 0.3 is 0 Å². The minimum atomic E-state index is -0.324. The van der Waals surface area contributed by atoms with Gasteiger partial charge in [0, 0.05) is 11.9 Å². The van der Waals surface area contributed by atoms with Gasteiger partial charge in [-0.3, -0.25) is 4.90 Å². The van der Waals surface area contributed by atoms with E-state index >= 15 is 0 Å². The van der Waals surface area contributed by atoms with Gasteiger partial charge in [0.15, 0.2) is 10.2 Å². The molecule has 0 aliphatic carbocycles. The van der Waals surface area contributed by atoms with E-state index in [9.17, 15) is 5.11 Å². The highest BCUT2D eigenvalue weighted by Gasteiger charge is 2.27. The highest BCUT2D eigenvalue weighted by molar-refractivity contribution is 7.99. The Kier molecular flexibility index (Phi) is 5.44. The first kappa shape index (κ1) is 17.8. The molecule has 8 heteroatoms. The van der Waals surface area contributed by atoms with Crippen LogP contribution in [0, 0.1) is 5.92 Å². The smallest absolute Gasteiger partial charge is 0.198 e. The fraction of sp³-hybridized carbons (Fsp3) is 0.444. The SMILES string of the molecule is Cn1cnnc1Sc1ccc(CN2CCC(C(O)c3cccs3)CC2)o1. The molecule has 0 radical (unpaired) electrons. The summed E-state index contributed by atoms with van der Waals surface area (Å²) in [5, 5.41) is 22.1. The second-order valence-corrected chi connectivity index (χ2v) is 8.57. The van der Waals surface area contributed by atoms with Crippen LogP contribution in [-0.4, -0.2) is 37.9 Å². The number of furan rings is 1. The van der Waals surface area contributed by atoms with E-state index in [1.807, 2.05) is 41.3 Å². The molecule has 1 unspecified atom stereocenters. The number of aliphatic hydroxyl groups excluding tert-OH is 1. The Morgan fingerprint density at radius 1 is 1.35 bits per heavy atom. The van der Waals surface area contributed by atoms with E-state index in [1.165, 1.54) is 11.8 Å². The maximum atomic E-state index is 10.5. The van der Waals surface area contributed by atoms with Gasteiger partial charge in [-0.15, -0.1) is 21.5 Å². The summed E-state index contributed by atoms with van der Waals surface area (Å²) in [5.74, 6) is 1.32. The number of likely N-dealkylation sites (tertiary alicyclic amines) is 1. The lowest BCUT2D eigenvalue weighted by Crippen LogP contribution is -2.35. The molecule has 0 aromatic carbocycles. The third-order valence-corrected chi connectivity index (χ3v) is 6.71. The van der Waals surface area contributed by atoms with Crippen LogP contribution in [0.1, 0.15) is 29.6 Å². The number of piperidine rings is 1. The number of aryl methyl sites for hydroxylation is 1. The fourth-order valence-electron chi connectivity index (χ4n) is 3.29. The molecule has 4 heterocycles. The highest BCUT2D eigenvalue weighted by atomic mass is 32.2. The monoisotopic (exact) mass is 390 g/mol. The lowest BCUT2D eigenvalue weighted by Gasteiger charge is -2.33. The van der Waals surface area contributed by atoms with Crippen molar-refractivity contribution in [3.63, 3.8) is 0 Å². The molecule has 138 valence electrons. The number of aromatic nitrogens is 3. The molecule has 3 aromatic rings. The van der Waals surface area contributed by atoms with Crippen molar-refractivity contribution in [1.29, 1.82) is 0 Å². The molecule has 0 spiro atoms. The van der Waals surface area contributed by atoms with E-state index < -0.39 is 0 Å². The van der Waals surface area contributed by atoms with Gasteiger partial charge in [0.05, 0.1) is 12.6 Å². The summed E-state index contributed by atoms with van der Waals surface area (Å²) in [7, 11) is 1.92. The molecule has 1 fully saturated rings. The van der Waals surface area contributed by atoms with Crippen molar-refractivity contribution in [1.82, 2.24) is 19.7 Å². The third-order valence-electron chi connectivity index (χ3n) is 4.79. The van der Waals surface area contributed by atoms with Crippen LogP contribution in [0.3, 0.4) is 0 Å². The minimum Gasteiger partial charge on any atom is -0.453 e. The van der Waals surface area contributed by atoms with Crippen LogP contribution in [0.5, 0.6) is 0 Å². The number of hydrogen-bond donors (Lipinski definition) is 1. The summed E-state index contributed by atoms with van der Waals surface area (Å²) in [5.41, 5.74) is 0. The molecule has 1 aliphatic rings. The predicted molar refractivity (Wildman–Crippen MR) is 101 cm³/mol. The van der Waals surface area contributed by atoms with Gasteiger partial charge in [0.1, 0.15) is 12.1 Å². The van der Waals surface area contributed by atoms with E-state index in [-0.39, 0.29) is 6.10 Å². The molecular weight excluding hydrogens is 368 g/mol. The first-order valence-electron chi connectivity index (χ1n) is 8.73. The van der Waals surface area contributed by atoms with Gasteiger partial charge in [-0.2, -0.15) is 0 Å². The van der Waals surface area contributed by atoms with Crippen molar-refractivity contribution in [2.75, 3.05) is 13.1 Å². The number of rotatable bonds is 6. The van der Waals surface area contributed by atoms with Gasteiger partial charge in [0.25, 0.3) is 0 Å². The molecule has 0 amide bonds. The Morgan fingerprint density at radius 2 is 2.19 bits per heavy atom. The van der Waals surface area contributed by atoms with Gasteiger partial charge < -0.3 is 14.1 Å². The summed E-state index contributed by atoms with van der Waals surface area (Å²) < 4.78 is 7.81. The normalized spacial score (nSPS) is 17.6. The van der Waals surface area contributed by atoms with Gasteiger partial charge in [-0.05, 0) is 67.2 Å². The lowest BCUT2D eigenvalue weighted by atomic mass is 9.90. The number of thiophene rings is 1. The van der Waals surface area contributed by atoms with Crippen LogP contribution < -0.4 is 0 Å². The fourth-order valence-corrected chi connectivity index (χ4v) is 4.84. The first-order valence-corrected chi connectivity index (χ1v) is 10.4. The molecule has 3 aromatic heterocycles. The maximum absolute atomic E-state index is 10.5. The minimum absolute atomic E-state index is 0.324. The van der Waals surface area contributed by atoms with Crippen molar-refractivity contribution in [2.24, 2.45) is 13.0 Å². The van der Waals surface area contributed by atoms with Crippen molar-refractivity contribution in [2.45, 2.75) is 35.7 Å². The van der Waals surface area contributed by atoms with Crippen molar-refractivity contribution >= 4 is 23.1 Å². The van der Waals surface area contributed by atoms with E-state index in [1.54, 1.807) is 17.7 Å². The summed E-state index contributed by atoms with van der Waals surface area (Å²) in [6.45, 7) is 2.78. The quantitative estimate of drug-likeness (QED) is 0.694. The van der Waals surface area contributed by atoms with Crippen LogP contribution >= 0.6 is 23.1 Å². The molecule has 4 rings (SSSR count). The summed E-state index contributed by atoms with van der Waals surface area (Å²) in [4.78, 5) is 3.48. The molecule has 26 heavy (non-hydrogen) atoms. The summed E-state index contributed by atoms with van der Waals surface area (Å²) in [6, 6.07) is 8.06. The van der Waals surface area contributed by atoms with Crippen LogP contribution in [0.2, 0.25) is 0 Å². The molecule has 6 nitrogen and oxygen atoms in total. The second kappa shape index (κ2) is 7.96. The molecule has 0 bridgehead atoms. The average Bonchev–Trinajstić information content (AvgIpc) is 3.39. The van der Waals surface area contributed by atoms with Gasteiger partial charge in [0.2, 0.25) is 0 Å². The largest absolute Gasteiger partial charge is 0.453 e. The topological polar surface area (TPSA) is 67.3 Å². The van der Waals surface area contributed by atoms with E-state index in [0.717, 1.165) is 53.4 Å². The van der Waals surface area contributed by atoms with Gasteiger partial charge in [-0.1, -0.05) is 6.07 Å². The van der Waals surface area contributed by atoms with E-state index in [2.05, 4.69) is 15.1 Å². The summed E-state index contributed by atoms with van der Waals surface area (Å²) >= 11 is 3.12. The van der Waals surface area contributed by atoms with Crippen LogP contribution in [0.4, 0.5) is 0 Å². The highest BCUT2D eigenvalue weighted by Crippen LogP contribution is 2.33. The second-order valence-electron chi connectivity index (χ2n) is 6.62. The van der Waals surface area contributed by atoms with E-state index in [0.29, 0.717) is 5.92 Å². The molecule has 1 N–H and O–H groups in total. The lowest BCUT2D eigenvalue weighted by molar-refractivity contribution is 0.0568. The Balaban J connectivity index is 1.29. The molecule has 1 aliphatic heterocycles. The number of aliphatic hydroxyl groups is 1. The Bertz CT molecular complexity index is 822. The standard InChI is InChI=1S/C18H22N4O2S2/c1-21-12-19-20-18(21)26-16-5-4-14(24-16)11-22-8-6-13(7-9-22)17(23)15-3-2-10-25-15/h2-5,10,12-13,17,23H,6-9,11H2,1H3. The zero-order valence-electron chi connectivity index (χ0n) is 14.6. The van der Waals surface area contributed by atoms with Crippen LogP contribution in [-0.2, 0) is 13.6 Å². The zero-order chi connectivity index (χ0) is 17.9. The Hall–Kier alpha value is -1.61. The van der Waals surface area contributed by atoms with Crippen LogP contribution in [0.25, 0.3) is 0 Å². The average molecular weight is 391 g/mol. The van der Waals surface area contributed by atoms with Crippen molar-refractivity contribution < 1.29 is 9.52 Å². The molecule has 1 saturated heterocycles.